The summed E-state index contributed by atoms with van der Waals surface area (Å²) in [6.45, 7) is 4.59. The Hall–Kier alpha value is -2.64. The molecule has 2 aliphatic rings. The Balaban J connectivity index is 1.43. The van der Waals surface area contributed by atoms with Crippen molar-refractivity contribution < 1.29 is 14.3 Å². The first-order valence-corrected chi connectivity index (χ1v) is 11.8. The zero-order chi connectivity index (χ0) is 21.4. The Kier molecular flexibility index (Phi) is 5.54. The third-order valence-corrected chi connectivity index (χ3v) is 7.46. The molecule has 6 nitrogen and oxygen atoms in total. The maximum absolute atomic E-state index is 13.4. The zero-order valence-corrected chi connectivity index (χ0v) is 18.6. The second-order valence-electron chi connectivity index (χ2n) is 8.30. The van der Waals surface area contributed by atoms with E-state index in [0.29, 0.717) is 36.9 Å². The van der Waals surface area contributed by atoms with Crippen LogP contribution in [0.25, 0.3) is 10.9 Å². The molecule has 1 aliphatic carbocycles. The highest BCUT2D eigenvalue weighted by molar-refractivity contribution is 7.17. The highest BCUT2D eigenvalue weighted by Gasteiger charge is 2.30. The van der Waals surface area contributed by atoms with Gasteiger partial charge in [-0.05, 0) is 55.7 Å². The fourth-order valence-corrected chi connectivity index (χ4v) is 5.97. The van der Waals surface area contributed by atoms with Gasteiger partial charge in [0.2, 0.25) is 5.91 Å². The van der Waals surface area contributed by atoms with E-state index in [0.717, 1.165) is 47.8 Å². The molecule has 31 heavy (non-hydrogen) atoms. The summed E-state index contributed by atoms with van der Waals surface area (Å²) >= 11 is 1.58. The predicted octanol–water partition coefficient (Wildman–Crippen LogP) is 4.00. The molecule has 0 radical (unpaired) electrons. The van der Waals surface area contributed by atoms with E-state index in [9.17, 15) is 9.59 Å². The maximum Gasteiger partial charge on any atom is 0.257 e. The Morgan fingerprint density at radius 3 is 2.74 bits per heavy atom. The summed E-state index contributed by atoms with van der Waals surface area (Å²) in [6.07, 6.45) is 4.13. The number of aromatic nitrogens is 1. The lowest BCUT2D eigenvalue weighted by atomic mass is 9.95. The van der Waals surface area contributed by atoms with E-state index in [1.54, 1.807) is 11.3 Å². The number of aryl methyl sites for hydroxylation is 2. The number of hydrogen-bond donors (Lipinski definition) is 1. The number of amides is 2. The van der Waals surface area contributed by atoms with Crippen LogP contribution in [0.5, 0.6) is 0 Å². The number of anilines is 1. The van der Waals surface area contributed by atoms with Crippen molar-refractivity contribution in [2.24, 2.45) is 0 Å². The van der Waals surface area contributed by atoms with Gasteiger partial charge in [0.1, 0.15) is 11.5 Å². The summed E-state index contributed by atoms with van der Waals surface area (Å²) in [5.41, 5.74) is 3.95. The molecule has 0 bridgehead atoms. The van der Waals surface area contributed by atoms with Crippen molar-refractivity contribution in [1.29, 1.82) is 0 Å². The van der Waals surface area contributed by atoms with E-state index >= 15 is 0 Å². The monoisotopic (exact) mass is 437 g/mol. The summed E-state index contributed by atoms with van der Waals surface area (Å²) in [6, 6.07) is 10.2. The first-order valence-electron chi connectivity index (χ1n) is 11.0. The highest BCUT2D eigenvalue weighted by Crippen LogP contribution is 2.39. The fourth-order valence-electron chi connectivity index (χ4n) is 4.67. The molecular weight excluding hydrogens is 410 g/mol. The number of rotatable bonds is 4. The van der Waals surface area contributed by atoms with Crippen molar-refractivity contribution in [2.75, 3.05) is 31.6 Å². The molecule has 3 heterocycles. The fraction of sp³-hybridized carbons (Fsp3) is 0.417. The maximum atomic E-state index is 13.4. The van der Waals surface area contributed by atoms with Gasteiger partial charge in [0.05, 0.1) is 18.8 Å². The first-order chi connectivity index (χ1) is 15.1. The van der Waals surface area contributed by atoms with Crippen molar-refractivity contribution in [3.05, 3.63) is 52.0 Å². The number of thiophene rings is 1. The van der Waals surface area contributed by atoms with Gasteiger partial charge in [-0.1, -0.05) is 18.2 Å². The molecular formula is C24H27N3O3S. The Bertz CT molecular complexity index is 1140. The van der Waals surface area contributed by atoms with Crippen molar-refractivity contribution in [2.45, 2.75) is 39.2 Å². The van der Waals surface area contributed by atoms with Gasteiger partial charge in [-0.2, -0.15) is 0 Å². The molecule has 1 aromatic carbocycles. The van der Waals surface area contributed by atoms with Crippen LogP contribution < -0.4 is 5.32 Å². The lowest BCUT2D eigenvalue weighted by Crippen LogP contribution is -2.41. The molecule has 5 rings (SSSR count). The van der Waals surface area contributed by atoms with Crippen LogP contribution in [0.15, 0.2) is 30.3 Å². The van der Waals surface area contributed by atoms with Gasteiger partial charge < -0.3 is 19.5 Å². The number of morpholine rings is 1. The number of nitrogens with zero attached hydrogens (tertiary/aromatic N) is 2. The van der Waals surface area contributed by atoms with Crippen LogP contribution in [0.3, 0.4) is 0 Å². The molecule has 1 aliphatic heterocycles. The smallest absolute Gasteiger partial charge is 0.257 e. The third kappa shape index (κ3) is 3.88. The van der Waals surface area contributed by atoms with Crippen LogP contribution in [-0.4, -0.2) is 47.6 Å². The van der Waals surface area contributed by atoms with Crippen molar-refractivity contribution in [3.63, 3.8) is 0 Å². The number of carbonyl (C=O) groups excluding carboxylic acids is 2. The molecule has 0 saturated carbocycles. The molecule has 162 valence electrons. The number of carbonyl (C=O) groups is 2. The lowest BCUT2D eigenvalue weighted by molar-refractivity contribution is -0.116. The number of ether oxygens (including phenoxy) is 1. The standard InChI is InChI=1S/C24H27N3O3S/c1-16-14-17-6-2-4-8-19(17)27(16)15-21(28)25-23-22(18-7-3-5-9-20(18)31-23)24(29)26-10-12-30-13-11-26/h2,4,6,8,14H,3,5,7,9-13,15H2,1H3,(H,25,28). The van der Waals surface area contributed by atoms with E-state index in [1.807, 2.05) is 34.6 Å². The summed E-state index contributed by atoms with van der Waals surface area (Å²) < 4.78 is 7.45. The van der Waals surface area contributed by atoms with E-state index < -0.39 is 0 Å². The Morgan fingerprint density at radius 2 is 1.90 bits per heavy atom. The van der Waals surface area contributed by atoms with Crippen LogP contribution >= 0.6 is 11.3 Å². The third-order valence-electron chi connectivity index (χ3n) is 6.26. The van der Waals surface area contributed by atoms with Crippen LogP contribution in [0.2, 0.25) is 0 Å². The van der Waals surface area contributed by atoms with E-state index in [-0.39, 0.29) is 18.4 Å². The molecule has 2 amide bonds. The van der Waals surface area contributed by atoms with E-state index in [4.69, 9.17) is 4.74 Å². The largest absolute Gasteiger partial charge is 0.378 e. The lowest BCUT2D eigenvalue weighted by Gasteiger charge is -2.27. The summed E-state index contributed by atoms with van der Waals surface area (Å²) in [7, 11) is 0. The molecule has 1 saturated heterocycles. The van der Waals surface area contributed by atoms with Crippen LogP contribution in [-0.2, 0) is 28.9 Å². The molecule has 7 heteroatoms. The van der Waals surface area contributed by atoms with Crippen LogP contribution in [0.1, 0.15) is 39.3 Å². The average Bonchev–Trinajstić information content (AvgIpc) is 3.30. The molecule has 0 spiro atoms. The Labute approximate surface area is 185 Å². The normalized spacial score (nSPS) is 16.4. The SMILES string of the molecule is Cc1cc2ccccc2n1CC(=O)Nc1sc2c(c1C(=O)N1CCOCC1)CCCC2. The first kappa shape index (κ1) is 20.3. The number of benzene rings is 1. The predicted molar refractivity (Wildman–Crippen MR) is 123 cm³/mol. The van der Waals surface area contributed by atoms with Crippen molar-refractivity contribution in [1.82, 2.24) is 9.47 Å². The topological polar surface area (TPSA) is 63.6 Å². The summed E-state index contributed by atoms with van der Waals surface area (Å²) in [5.74, 6) is -0.0697. The second kappa shape index (κ2) is 8.48. The average molecular weight is 438 g/mol. The van der Waals surface area contributed by atoms with Gasteiger partial charge in [-0.25, -0.2) is 0 Å². The van der Waals surface area contributed by atoms with Gasteiger partial charge >= 0.3 is 0 Å². The van der Waals surface area contributed by atoms with E-state index in [2.05, 4.69) is 17.4 Å². The van der Waals surface area contributed by atoms with Crippen molar-refractivity contribution >= 4 is 39.1 Å². The molecule has 1 N–H and O–H groups in total. The molecule has 1 fully saturated rings. The van der Waals surface area contributed by atoms with Crippen LogP contribution in [0.4, 0.5) is 5.00 Å². The van der Waals surface area contributed by atoms with Gasteiger partial charge in [-0.15, -0.1) is 11.3 Å². The molecule has 2 aromatic heterocycles. The minimum Gasteiger partial charge on any atom is -0.378 e. The second-order valence-corrected chi connectivity index (χ2v) is 9.40. The van der Waals surface area contributed by atoms with Crippen LogP contribution in [0, 0.1) is 6.92 Å². The zero-order valence-electron chi connectivity index (χ0n) is 17.8. The van der Waals surface area contributed by atoms with Gasteiger partial charge in [0.15, 0.2) is 0 Å². The van der Waals surface area contributed by atoms with E-state index in [1.165, 1.54) is 4.88 Å². The Morgan fingerprint density at radius 1 is 1.13 bits per heavy atom. The quantitative estimate of drug-likeness (QED) is 0.671. The highest BCUT2D eigenvalue weighted by atomic mass is 32.1. The van der Waals surface area contributed by atoms with Gasteiger partial charge in [0.25, 0.3) is 5.91 Å². The van der Waals surface area contributed by atoms with Gasteiger partial charge in [0, 0.05) is 29.2 Å². The number of hydrogen-bond acceptors (Lipinski definition) is 4. The number of para-hydroxylation sites is 1. The molecule has 0 atom stereocenters. The minimum atomic E-state index is -0.0981. The molecule has 3 aromatic rings. The van der Waals surface area contributed by atoms with Gasteiger partial charge in [-0.3, -0.25) is 9.59 Å². The molecule has 0 unspecified atom stereocenters. The summed E-state index contributed by atoms with van der Waals surface area (Å²) in [5, 5.41) is 4.94. The number of fused-ring (bicyclic) bond motifs is 2. The number of nitrogens with one attached hydrogen (secondary N) is 1. The minimum absolute atomic E-state index is 0.0283. The van der Waals surface area contributed by atoms with Crippen molar-refractivity contribution in [3.8, 4) is 0 Å². The summed E-state index contributed by atoms with van der Waals surface area (Å²) in [4.78, 5) is 29.6.